The first-order chi connectivity index (χ1) is 15.6. The smallest absolute Gasteiger partial charge is 0.328 e. The third kappa shape index (κ3) is 11.0. The molecule has 0 aliphatic rings. The zero-order chi connectivity index (χ0) is 23.0. The van der Waals surface area contributed by atoms with Crippen LogP contribution in [0.25, 0.3) is 6.08 Å². The number of allylic oxidation sites excluding steroid dienone is 1. The van der Waals surface area contributed by atoms with E-state index in [2.05, 4.69) is 41.5 Å². The Bertz CT molecular complexity index is 800. The Morgan fingerprint density at radius 3 is 2.47 bits per heavy atom. The van der Waals surface area contributed by atoms with Gasteiger partial charge in [0.25, 0.3) is 0 Å². The van der Waals surface area contributed by atoms with Crippen LogP contribution in [0.1, 0.15) is 63.9 Å². The molecule has 0 saturated heterocycles. The van der Waals surface area contributed by atoms with E-state index in [9.17, 15) is 9.90 Å². The zero-order valence-electron chi connectivity index (χ0n) is 19.1. The van der Waals surface area contributed by atoms with Gasteiger partial charge >= 0.3 is 5.97 Å². The number of aromatic amines is 1. The van der Waals surface area contributed by atoms with E-state index in [1.54, 1.807) is 6.08 Å². The summed E-state index contributed by atoms with van der Waals surface area (Å²) in [6.07, 6.45) is 16.6. The molecule has 4 N–H and O–H groups in total. The highest BCUT2D eigenvalue weighted by Gasteiger charge is 2.12. The van der Waals surface area contributed by atoms with Crippen molar-refractivity contribution in [2.75, 3.05) is 5.32 Å². The lowest BCUT2D eigenvalue weighted by atomic mass is 9.92. The molecule has 32 heavy (non-hydrogen) atoms. The predicted molar refractivity (Wildman–Crippen MR) is 133 cm³/mol. The summed E-state index contributed by atoms with van der Waals surface area (Å²) in [6, 6.07) is 14.0. The molecule has 2 rings (SSSR count). The molecule has 3 unspecified atom stereocenters. The van der Waals surface area contributed by atoms with Gasteiger partial charge in [0.05, 0.1) is 6.10 Å². The number of unbranched alkanes of at least 4 members (excludes halogenated alkanes) is 1. The first-order valence-electron chi connectivity index (χ1n) is 11.8. The fraction of sp³-hybridized carbons (Fsp3) is 0.444. The molecule has 3 atom stereocenters. The van der Waals surface area contributed by atoms with E-state index < -0.39 is 5.97 Å². The minimum atomic E-state index is -0.940. The van der Waals surface area contributed by atoms with Crippen LogP contribution in [0.2, 0.25) is 0 Å². The van der Waals surface area contributed by atoms with Gasteiger partial charge in [-0.3, -0.25) is 0 Å². The number of carboxylic acid groups (broad SMARTS) is 1. The van der Waals surface area contributed by atoms with Crippen LogP contribution >= 0.6 is 0 Å². The summed E-state index contributed by atoms with van der Waals surface area (Å²) in [5, 5.41) is 22.6. The number of benzene rings is 1. The third-order valence-corrected chi connectivity index (χ3v) is 5.62. The number of H-pyrrole nitrogens is 1. The van der Waals surface area contributed by atoms with Crippen molar-refractivity contribution in [3.8, 4) is 0 Å². The lowest BCUT2D eigenvalue weighted by Crippen LogP contribution is -2.19. The van der Waals surface area contributed by atoms with Crippen LogP contribution in [-0.4, -0.2) is 33.3 Å². The summed E-state index contributed by atoms with van der Waals surface area (Å²) in [5.41, 5.74) is 1.17. The Morgan fingerprint density at radius 1 is 1.00 bits per heavy atom. The maximum atomic E-state index is 11.0. The number of aliphatic hydroxyl groups excluding tert-OH is 1. The van der Waals surface area contributed by atoms with Crippen LogP contribution in [0.4, 0.5) is 5.82 Å². The summed E-state index contributed by atoms with van der Waals surface area (Å²) in [7, 11) is 0. The molecule has 0 aliphatic carbocycles. The SMILES string of the molecule is CCCCC(O)CCCC(C=Cc1ccccc1)CCC(C=CC(=O)O)Nc1ccc[nH]1. The molecule has 0 saturated carbocycles. The second-order valence-electron chi connectivity index (χ2n) is 8.37. The van der Waals surface area contributed by atoms with Gasteiger partial charge in [0.2, 0.25) is 0 Å². The van der Waals surface area contributed by atoms with Crippen LogP contribution in [0, 0.1) is 5.92 Å². The molecule has 0 amide bonds. The largest absolute Gasteiger partial charge is 0.478 e. The summed E-state index contributed by atoms with van der Waals surface area (Å²) < 4.78 is 0. The summed E-state index contributed by atoms with van der Waals surface area (Å²) in [6.45, 7) is 2.15. The van der Waals surface area contributed by atoms with Crippen molar-refractivity contribution in [3.05, 3.63) is 72.5 Å². The molecule has 0 fully saturated rings. The second-order valence-corrected chi connectivity index (χ2v) is 8.37. The van der Waals surface area contributed by atoms with Crippen molar-refractivity contribution in [2.45, 2.75) is 70.4 Å². The van der Waals surface area contributed by atoms with Crippen LogP contribution in [-0.2, 0) is 4.79 Å². The van der Waals surface area contributed by atoms with Gasteiger partial charge < -0.3 is 20.5 Å². The van der Waals surface area contributed by atoms with Crippen molar-refractivity contribution in [1.82, 2.24) is 4.98 Å². The standard InChI is InChI=1S/C27H38N2O3/c1-2-3-12-25(30)13-7-11-23(16-15-22-9-5-4-6-10-22)17-18-24(19-20-27(31)32)29-26-14-8-21-28-26/h4-6,8-10,14-16,19-21,23-25,28-30H,2-3,7,11-13,17-18H2,1H3,(H,31,32). The van der Waals surface area contributed by atoms with E-state index in [4.69, 9.17) is 5.11 Å². The first kappa shape index (κ1) is 25.5. The number of hydrogen-bond donors (Lipinski definition) is 4. The van der Waals surface area contributed by atoms with Gasteiger partial charge in [-0.15, -0.1) is 0 Å². The highest BCUT2D eigenvalue weighted by Crippen LogP contribution is 2.22. The molecule has 0 radical (unpaired) electrons. The number of aromatic nitrogens is 1. The summed E-state index contributed by atoms with van der Waals surface area (Å²) >= 11 is 0. The molecule has 0 spiro atoms. The van der Waals surface area contributed by atoms with Crippen molar-refractivity contribution in [1.29, 1.82) is 0 Å². The van der Waals surface area contributed by atoms with E-state index in [0.29, 0.717) is 5.92 Å². The maximum absolute atomic E-state index is 11.0. The van der Waals surface area contributed by atoms with Crippen molar-refractivity contribution in [3.63, 3.8) is 0 Å². The van der Waals surface area contributed by atoms with Crippen molar-refractivity contribution < 1.29 is 15.0 Å². The fourth-order valence-corrected chi connectivity index (χ4v) is 3.78. The topological polar surface area (TPSA) is 85.3 Å². The predicted octanol–water partition coefficient (Wildman–Crippen LogP) is 6.27. The van der Waals surface area contributed by atoms with Crippen molar-refractivity contribution in [2.24, 2.45) is 5.92 Å². The lowest BCUT2D eigenvalue weighted by molar-refractivity contribution is -0.131. The number of rotatable bonds is 16. The monoisotopic (exact) mass is 438 g/mol. The molecule has 5 heteroatoms. The molecule has 1 aromatic carbocycles. The van der Waals surface area contributed by atoms with E-state index >= 15 is 0 Å². The average molecular weight is 439 g/mol. The number of anilines is 1. The average Bonchev–Trinajstić information content (AvgIpc) is 3.30. The van der Waals surface area contributed by atoms with Crippen molar-refractivity contribution >= 4 is 17.9 Å². The van der Waals surface area contributed by atoms with Gasteiger partial charge in [-0.2, -0.15) is 0 Å². The molecular weight excluding hydrogens is 400 g/mol. The van der Waals surface area contributed by atoms with Gasteiger partial charge in [0.1, 0.15) is 5.82 Å². The van der Waals surface area contributed by atoms with Gasteiger partial charge in [-0.25, -0.2) is 4.79 Å². The van der Waals surface area contributed by atoms with Crippen LogP contribution in [0.15, 0.2) is 66.9 Å². The Morgan fingerprint density at radius 2 is 1.78 bits per heavy atom. The fourth-order valence-electron chi connectivity index (χ4n) is 3.78. The highest BCUT2D eigenvalue weighted by atomic mass is 16.4. The molecule has 5 nitrogen and oxygen atoms in total. The van der Waals surface area contributed by atoms with Gasteiger partial charge in [-0.1, -0.05) is 74.7 Å². The van der Waals surface area contributed by atoms with Crippen LogP contribution in [0.5, 0.6) is 0 Å². The van der Waals surface area contributed by atoms with Crippen LogP contribution < -0.4 is 5.32 Å². The molecule has 0 aliphatic heterocycles. The highest BCUT2D eigenvalue weighted by molar-refractivity contribution is 5.79. The Kier molecular flexibility index (Phi) is 12.0. The van der Waals surface area contributed by atoms with Crippen LogP contribution in [0.3, 0.4) is 0 Å². The van der Waals surface area contributed by atoms with E-state index in [-0.39, 0.29) is 12.1 Å². The summed E-state index contributed by atoms with van der Waals surface area (Å²) in [4.78, 5) is 14.1. The quantitative estimate of drug-likeness (QED) is 0.233. The third-order valence-electron chi connectivity index (χ3n) is 5.62. The minimum absolute atomic E-state index is 0.0764. The molecule has 1 aromatic heterocycles. The second kappa shape index (κ2) is 15.1. The number of carboxylic acids is 1. The molecule has 1 heterocycles. The van der Waals surface area contributed by atoms with Gasteiger partial charge in [0.15, 0.2) is 0 Å². The first-order valence-corrected chi connectivity index (χ1v) is 11.8. The zero-order valence-corrected chi connectivity index (χ0v) is 19.1. The molecule has 174 valence electrons. The maximum Gasteiger partial charge on any atom is 0.328 e. The number of hydrogen-bond acceptors (Lipinski definition) is 3. The lowest BCUT2D eigenvalue weighted by Gasteiger charge is -2.19. The van der Waals surface area contributed by atoms with Gasteiger partial charge in [0, 0.05) is 18.3 Å². The Labute approximate surface area is 192 Å². The Balaban J connectivity index is 1.98. The van der Waals surface area contributed by atoms with E-state index in [1.807, 2.05) is 36.5 Å². The molecule has 2 aromatic rings. The normalized spacial score (nSPS) is 14.6. The van der Waals surface area contributed by atoms with E-state index in [1.165, 1.54) is 11.6 Å². The van der Waals surface area contributed by atoms with Gasteiger partial charge in [-0.05, 0) is 55.7 Å². The summed E-state index contributed by atoms with van der Waals surface area (Å²) in [5.74, 6) is 0.296. The minimum Gasteiger partial charge on any atom is -0.478 e. The number of aliphatic hydroxyl groups is 1. The molecule has 0 bridgehead atoms. The van der Waals surface area contributed by atoms with E-state index in [0.717, 1.165) is 57.2 Å². The number of carbonyl (C=O) groups is 1. The Hall–Kier alpha value is -2.79. The molecular formula is C27H38N2O3. The number of aliphatic carboxylic acids is 1. The number of nitrogens with one attached hydrogen (secondary N) is 2.